The Bertz CT molecular complexity index is 496. The number of carbonyl (C=O) groups excluding carboxylic acids is 1. The number of benzene rings is 1. The Balaban J connectivity index is 1.46. The average Bonchev–Trinajstić information content (AvgIpc) is 3.02. The van der Waals surface area contributed by atoms with E-state index >= 15 is 0 Å². The van der Waals surface area contributed by atoms with E-state index in [0.717, 1.165) is 38.8 Å². The lowest BCUT2D eigenvalue weighted by molar-refractivity contribution is -0.187. The van der Waals surface area contributed by atoms with Crippen molar-refractivity contribution in [3.05, 3.63) is 35.4 Å². The average molecular weight is 303 g/mol. The van der Waals surface area contributed by atoms with E-state index in [-0.39, 0.29) is 5.91 Å². The molecule has 2 aliphatic heterocycles. The van der Waals surface area contributed by atoms with Crippen LogP contribution in [0.15, 0.2) is 24.3 Å². The van der Waals surface area contributed by atoms with Crippen molar-refractivity contribution in [2.45, 2.75) is 44.8 Å². The van der Waals surface area contributed by atoms with E-state index in [1.807, 2.05) is 4.90 Å². The monoisotopic (exact) mass is 303 g/mol. The first-order valence-electron chi connectivity index (χ1n) is 8.34. The first-order valence-corrected chi connectivity index (χ1v) is 8.34. The molecule has 0 atom stereocenters. The minimum absolute atomic E-state index is 0.243. The minimum Gasteiger partial charge on any atom is -0.347 e. The number of ether oxygens (including phenoxy) is 2. The molecule has 0 unspecified atom stereocenters. The van der Waals surface area contributed by atoms with Crippen LogP contribution in [-0.4, -0.2) is 42.9 Å². The maximum Gasteiger partial charge on any atom is 0.222 e. The molecule has 1 aromatic carbocycles. The van der Waals surface area contributed by atoms with E-state index in [9.17, 15) is 4.79 Å². The fourth-order valence-corrected chi connectivity index (χ4v) is 3.23. The van der Waals surface area contributed by atoms with Crippen molar-refractivity contribution in [2.75, 3.05) is 26.3 Å². The zero-order valence-electron chi connectivity index (χ0n) is 13.3. The van der Waals surface area contributed by atoms with E-state index in [1.165, 1.54) is 11.1 Å². The summed E-state index contributed by atoms with van der Waals surface area (Å²) in [4.78, 5) is 14.3. The summed E-state index contributed by atoms with van der Waals surface area (Å²) in [6.45, 7) is 5.00. The van der Waals surface area contributed by atoms with Gasteiger partial charge in [-0.25, -0.2) is 0 Å². The molecule has 0 aliphatic carbocycles. The van der Waals surface area contributed by atoms with Gasteiger partial charge in [0.15, 0.2) is 5.79 Å². The van der Waals surface area contributed by atoms with Crippen LogP contribution in [0, 0.1) is 0 Å². The predicted octanol–water partition coefficient (Wildman–Crippen LogP) is 2.55. The van der Waals surface area contributed by atoms with Gasteiger partial charge in [-0.1, -0.05) is 31.2 Å². The molecule has 1 aromatic rings. The van der Waals surface area contributed by atoms with E-state index in [2.05, 4.69) is 31.2 Å². The summed E-state index contributed by atoms with van der Waals surface area (Å²) in [5, 5.41) is 0. The van der Waals surface area contributed by atoms with Crippen LogP contribution in [0.4, 0.5) is 0 Å². The van der Waals surface area contributed by atoms with Crippen molar-refractivity contribution in [3.8, 4) is 0 Å². The highest BCUT2D eigenvalue weighted by Crippen LogP contribution is 2.31. The van der Waals surface area contributed by atoms with Crippen molar-refractivity contribution < 1.29 is 14.3 Å². The number of nitrogens with zero attached hydrogens (tertiary/aromatic N) is 1. The number of piperidine rings is 1. The lowest BCUT2D eigenvalue weighted by atomic mass is 10.0. The Morgan fingerprint density at radius 3 is 2.27 bits per heavy atom. The lowest BCUT2D eigenvalue weighted by Crippen LogP contribution is -2.47. The van der Waals surface area contributed by atoms with E-state index in [0.29, 0.717) is 19.6 Å². The minimum atomic E-state index is -0.396. The summed E-state index contributed by atoms with van der Waals surface area (Å²) in [6.07, 6.45) is 4.05. The molecule has 22 heavy (non-hydrogen) atoms. The summed E-state index contributed by atoms with van der Waals surface area (Å²) in [5.41, 5.74) is 2.58. The maximum absolute atomic E-state index is 12.3. The van der Waals surface area contributed by atoms with Gasteiger partial charge in [0.1, 0.15) is 0 Å². The van der Waals surface area contributed by atoms with Crippen LogP contribution >= 0.6 is 0 Å². The number of hydrogen-bond acceptors (Lipinski definition) is 3. The quantitative estimate of drug-likeness (QED) is 0.858. The fraction of sp³-hybridized carbons (Fsp3) is 0.611. The highest BCUT2D eigenvalue weighted by molar-refractivity contribution is 5.76. The molecular weight excluding hydrogens is 278 g/mol. The Labute approximate surface area is 132 Å². The highest BCUT2D eigenvalue weighted by Gasteiger charge is 2.40. The normalized spacial score (nSPS) is 20.5. The molecule has 0 aromatic heterocycles. The third kappa shape index (κ3) is 3.50. The van der Waals surface area contributed by atoms with Crippen LogP contribution in [0.2, 0.25) is 0 Å². The SMILES string of the molecule is CCc1ccc(CCC(=O)N2CCC3(CC2)OCCO3)cc1. The number of carbonyl (C=O) groups is 1. The van der Waals surface area contributed by atoms with Gasteiger partial charge >= 0.3 is 0 Å². The second-order valence-electron chi connectivity index (χ2n) is 6.16. The summed E-state index contributed by atoms with van der Waals surface area (Å²) < 4.78 is 11.4. The molecule has 0 radical (unpaired) electrons. The van der Waals surface area contributed by atoms with Gasteiger partial charge in [0.05, 0.1) is 13.2 Å². The molecule has 1 amide bonds. The zero-order valence-corrected chi connectivity index (χ0v) is 13.3. The standard InChI is InChI=1S/C18H25NO3/c1-2-15-3-5-16(6-4-15)7-8-17(20)19-11-9-18(10-12-19)21-13-14-22-18/h3-6H,2,7-14H2,1H3. The van der Waals surface area contributed by atoms with Gasteiger partial charge < -0.3 is 14.4 Å². The van der Waals surface area contributed by atoms with Gasteiger partial charge in [0.25, 0.3) is 0 Å². The molecule has 120 valence electrons. The van der Waals surface area contributed by atoms with Crippen LogP contribution in [0.3, 0.4) is 0 Å². The largest absolute Gasteiger partial charge is 0.347 e. The molecule has 0 bridgehead atoms. The van der Waals surface area contributed by atoms with Crippen LogP contribution < -0.4 is 0 Å². The first-order chi connectivity index (χ1) is 10.7. The number of rotatable bonds is 4. The second kappa shape index (κ2) is 6.80. The van der Waals surface area contributed by atoms with Crippen molar-refractivity contribution in [1.82, 2.24) is 4.90 Å². The molecule has 2 aliphatic rings. The van der Waals surface area contributed by atoms with E-state index in [1.54, 1.807) is 0 Å². The molecule has 2 fully saturated rings. The molecule has 2 heterocycles. The Morgan fingerprint density at radius 1 is 1.09 bits per heavy atom. The third-order valence-electron chi connectivity index (χ3n) is 4.75. The zero-order chi connectivity index (χ0) is 15.4. The smallest absolute Gasteiger partial charge is 0.222 e. The number of hydrogen-bond donors (Lipinski definition) is 0. The number of aryl methyl sites for hydroxylation is 2. The van der Waals surface area contributed by atoms with Gasteiger partial charge in [-0.15, -0.1) is 0 Å². The van der Waals surface area contributed by atoms with E-state index in [4.69, 9.17) is 9.47 Å². The predicted molar refractivity (Wildman–Crippen MR) is 84.6 cm³/mol. The van der Waals surface area contributed by atoms with Crippen molar-refractivity contribution in [2.24, 2.45) is 0 Å². The summed E-state index contributed by atoms with van der Waals surface area (Å²) >= 11 is 0. The number of likely N-dealkylation sites (tertiary alicyclic amines) is 1. The Morgan fingerprint density at radius 2 is 1.68 bits per heavy atom. The number of amides is 1. The van der Waals surface area contributed by atoms with Crippen molar-refractivity contribution >= 4 is 5.91 Å². The van der Waals surface area contributed by atoms with Crippen LogP contribution in [-0.2, 0) is 27.1 Å². The molecule has 1 spiro atoms. The van der Waals surface area contributed by atoms with Crippen LogP contribution in [0.25, 0.3) is 0 Å². The van der Waals surface area contributed by atoms with Gasteiger partial charge in [-0.3, -0.25) is 4.79 Å². The van der Waals surface area contributed by atoms with Gasteiger partial charge in [-0.2, -0.15) is 0 Å². The second-order valence-corrected chi connectivity index (χ2v) is 6.16. The Hall–Kier alpha value is -1.39. The van der Waals surface area contributed by atoms with E-state index < -0.39 is 5.79 Å². The topological polar surface area (TPSA) is 38.8 Å². The maximum atomic E-state index is 12.3. The molecular formula is C18H25NO3. The summed E-state index contributed by atoms with van der Waals surface area (Å²) in [7, 11) is 0. The molecule has 4 nitrogen and oxygen atoms in total. The van der Waals surface area contributed by atoms with Crippen molar-refractivity contribution in [3.63, 3.8) is 0 Å². The fourth-order valence-electron chi connectivity index (χ4n) is 3.23. The molecule has 4 heteroatoms. The van der Waals surface area contributed by atoms with Crippen molar-refractivity contribution in [1.29, 1.82) is 0 Å². The first kappa shape index (κ1) is 15.5. The molecule has 2 saturated heterocycles. The third-order valence-corrected chi connectivity index (χ3v) is 4.75. The molecule has 3 rings (SSSR count). The molecule has 0 N–H and O–H groups in total. The highest BCUT2D eigenvalue weighted by atomic mass is 16.7. The Kier molecular flexibility index (Phi) is 4.79. The molecule has 0 saturated carbocycles. The van der Waals surface area contributed by atoms with Crippen LogP contribution in [0.5, 0.6) is 0 Å². The van der Waals surface area contributed by atoms with Gasteiger partial charge in [-0.05, 0) is 24.0 Å². The van der Waals surface area contributed by atoms with Crippen LogP contribution in [0.1, 0.15) is 37.3 Å². The van der Waals surface area contributed by atoms with Gasteiger partial charge in [0.2, 0.25) is 5.91 Å². The van der Waals surface area contributed by atoms with Gasteiger partial charge in [0, 0.05) is 32.4 Å². The summed E-state index contributed by atoms with van der Waals surface area (Å²) in [5.74, 6) is -0.153. The lowest BCUT2D eigenvalue weighted by Gasteiger charge is -2.37. The summed E-state index contributed by atoms with van der Waals surface area (Å²) in [6, 6.07) is 8.58.